The zero-order chi connectivity index (χ0) is 25.5. The molecule has 0 spiro atoms. The molecular weight excluding hydrogens is 671 g/mol. The van der Waals surface area contributed by atoms with Crippen LogP contribution >= 0.6 is 47.8 Å². The first-order valence-electron chi connectivity index (χ1n) is 10.4. The molecule has 0 aromatic heterocycles. The quantitative estimate of drug-likeness (QED) is 0.161. The normalized spacial score (nSPS) is 9.05. The molecule has 0 saturated heterocycles. The van der Waals surface area contributed by atoms with Gasteiger partial charge in [-0.2, -0.15) is 0 Å². The summed E-state index contributed by atoms with van der Waals surface area (Å²) in [5.74, 6) is 1.13. The van der Waals surface area contributed by atoms with E-state index in [2.05, 4.69) is 47.8 Å². The largest absolute Gasteiger partial charge is 0.508 e. The molecule has 0 aliphatic heterocycles. The average molecular weight is 702 g/mol. The zero-order valence-electron chi connectivity index (χ0n) is 19.0. The summed E-state index contributed by atoms with van der Waals surface area (Å²) in [7, 11) is 0. The van der Waals surface area contributed by atoms with Gasteiger partial charge in [-0.3, -0.25) is 14.3 Å². The standard InChI is InChI=1S/C14H11BrO2.C8H7BrO.C6H5BrO.CH4.FH.H2/c15-13-5-7-14(8-6-13)17-10-12-3-1-11(9-16)2-4-12;9-5-7-1-3-8(6-10)4-2-7;7-5-1-3-6(8)4-2-5;;;/h1-9H,10H2;1-4,6H,5H2;1-4,8H;1H4;2*1H/i;;;;;1+1. The van der Waals surface area contributed by atoms with Crippen LogP contribution in [0.4, 0.5) is 4.70 Å². The first kappa shape index (κ1) is 34.2. The van der Waals surface area contributed by atoms with E-state index in [4.69, 9.17) is 9.84 Å². The van der Waals surface area contributed by atoms with Crippen molar-refractivity contribution >= 4 is 60.4 Å². The zero-order valence-corrected chi connectivity index (χ0v) is 23.8. The molecule has 0 radical (unpaired) electrons. The molecule has 0 aliphatic rings. The highest BCUT2D eigenvalue weighted by molar-refractivity contribution is 9.10. The lowest BCUT2D eigenvalue weighted by atomic mass is 10.2. The Bertz CT molecular complexity index is 1150. The number of hydrogen-bond donors (Lipinski definition) is 1. The van der Waals surface area contributed by atoms with Gasteiger partial charge in [-0.05, 0) is 59.7 Å². The predicted octanol–water partition coefficient (Wildman–Crippen LogP) is 9.42. The fraction of sp³-hybridized carbons (Fsp3) is 0.103. The van der Waals surface area contributed by atoms with Gasteiger partial charge in [0.25, 0.3) is 0 Å². The van der Waals surface area contributed by atoms with E-state index in [1.807, 2.05) is 60.7 Å². The van der Waals surface area contributed by atoms with Gasteiger partial charge in [0.15, 0.2) is 0 Å². The van der Waals surface area contributed by atoms with E-state index in [0.29, 0.717) is 17.9 Å². The van der Waals surface area contributed by atoms with Crippen LogP contribution in [0.5, 0.6) is 11.5 Å². The van der Waals surface area contributed by atoms with Crippen LogP contribution in [0.3, 0.4) is 0 Å². The highest BCUT2D eigenvalue weighted by Crippen LogP contribution is 2.17. The second kappa shape index (κ2) is 19.3. The van der Waals surface area contributed by atoms with Gasteiger partial charge in [0.1, 0.15) is 30.7 Å². The molecule has 0 fully saturated rings. The summed E-state index contributed by atoms with van der Waals surface area (Å²) >= 11 is 9.92. The lowest BCUT2D eigenvalue weighted by molar-refractivity contribution is 0.111. The van der Waals surface area contributed by atoms with E-state index in [1.165, 1.54) is 5.56 Å². The molecule has 1 N–H and O–H groups in total. The lowest BCUT2D eigenvalue weighted by Gasteiger charge is -2.06. The Labute approximate surface area is 243 Å². The van der Waals surface area contributed by atoms with E-state index < -0.39 is 0 Å². The summed E-state index contributed by atoms with van der Waals surface area (Å²) in [5, 5.41) is 9.58. The molecule has 4 aromatic rings. The van der Waals surface area contributed by atoms with Gasteiger partial charge in [-0.15, -0.1) is 0 Å². The first-order chi connectivity index (χ1) is 16.9. The number of alkyl halides is 1. The van der Waals surface area contributed by atoms with Crippen molar-refractivity contribution in [3.8, 4) is 11.5 Å². The third kappa shape index (κ3) is 13.9. The molecule has 0 saturated carbocycles. The first-order valence-corrected chi connectivity index (χ1v) is 13.1. The van der Waals surface area contributed by atoms with E-state index in [1.54, 1.807) is 36.4 Å². The van der Waals surface area contributed by atoms with E-state index in [-0.39, 0.29) is 13.6 Å². The molecule has 8 heteroatoms. The summed E-state index contributed by atoms with van der Waals surface area (Å²) in [6, 6.07) is 29.3. The van der Waals surface area contributed by atoms with Crippen molar-refractivity contribution in [3.63, 3.8) is 0 Å². The molecular formula is C29H30Br3FO4. The smallest absolute Gasteiger partial charge is 0.150 e. The Morgan fingerprint density at radius 2 is 1.08 bits per heavy atom. The molecule has 4 rings (SSSR count). The van der Waals surface area contributed by atoms with Crippen LogP contribution in [0.2, 0.25) is 0 Å². The van der Waals surface area contributed by atoms with Crippen LogP contribution in [-0.4, -0.2) is 17.7 Å². The van der Waals surface area contributed by atoms with Crippen LogP contribution < -0.4 is 4.74 Å². The Hall–Kier alpha value is -2.81. The van der Waals surface area contributed by atoms with Crippen LogP contribution in [0.15, 0.2) is 106 Å². The fourth-order valence-electron chi connectivity index (χ4n) is 2.52. The second-order valence-corrected chi connectivity index (χ2v) is 9.46. The maximum atomic E-state index is 10.5. The van der Waals surface area contributed by atoms with Gasteiger partial charge in [0.05, 0.1) is 0 Å². The van der Waals surface area contributed by atoms with Crippen molar-refractivity contribution in [2.45, 2.75) is 19.4 Å². The summed E-state index contributed by atoms with van der Waals surface area (Å²) in [4.78, 5) is 20.7. The number of phenolic OH excluding ortho intramolecular Hbond substituents is 1. The topological polar surface area (TPSA) is 63.6 Å². The number of carbonyl (C=O) groups is 2. The number of benzene rings is 4. The van der Waals surface area contributed by atoms with Crippen molar-refractivity contribution in [2.24, 2.45) is 0 Å². The fourth-order valence-corrected chi connectivity index (χ4v) is 3.42. The van der Waals surface area contributed by atoms with Gasteiger partial charge >= 0.3 is 0 Å². The summed E-state index contributed by atoms with van der Waals surface area (Å²) < 4.78 is 7.62. The SMILES string of the molecule is C.F.O=Cc1ccc(CBr)cc1.O=Cc1ccc(COc2ccc(Br)cc2)cc1.Oc1ccc(Br)cc1.[2HH]. The van der Waals surface area contributed by atoms with E-state index >= 15 is 0 Å². The van der Waals surface area contributed by atoms with Gasteiger partial charge in [0, 0.05) is 26.8 Å². The number of halogens is 4. The number of aldehydes is 2. The van der Waals surface area contributed by atoms with Crippen LogP contribution in [0.1, 0.15) is 40.7 Å². The van der Waals surface area contributed by atoms with E-state index in [0.717, 1.165) is 43.7 Å². The van der Waals surface area contributed by atoms with Crippen LogP contribution in [-0.2, 0) is 11.9 Å². The van der Waals surface area contributed by atoms with Crippen LogP contribution in [0, 0.1) is 0 Å². The minimum absolute atomic E-state index is 0. The molecule has 0 atom stereocenters. The van der Waals surface area contributed by atoms with Crippen molar-refractivity contribution < 1.29 is 25.6 Å². The highest BCUT2D eigenvalue weighted by atomic mass is 79.9. The third-order valence-electron chi connectivity index (χ3n) is 4.43. The van der Waals surface area contributed by atoms with Gasteiger partial charge < -0.3 is 9.84 Å². The lowest BCUT2D eigenvalue weighted by Crippen LogP contribution is -1.95. The molecule has 4 nitrogen and oxygen atoms in total. The molecule has 0 bridgehead atoms. The van der Waals surface area contributed by atoms with Crippen molar-refractivity contribution in [2.75, 3.05) is 0 Å². The number of carbonyl (C=O) groups excluding carboxylic acids is 2. The number of ether oxygens (including phenoxy) is 1. The van der Waals surface area contributed by atoms with Gasteiger partial charge in [0.2, 0.25) is 0 Å². The number of aromatic hydroxyl groups is 1. The minimum atomic E-state index is 0. The Morgan fingerprint density at radius 1 is 0.676 bits per heavy atom. The van der Waals surface area contributed by atoms with Crippen LogP contribution in [0.25, 0.3) is 0 Å². The summed E-state index contributed by atoms with van der Waals surface area (Å²) in [5.41, 5.74) is 3.63. The molecule has 0 heterocycles. The van der Waals surface area contributed by atoms with Gasteiger partial charge in [-0.25, -0.2) is 0 Å². The minimum Gasteiger partial charge on any atom is -0.508 e. The van der Waals surface area contributed by atoms with Gasteiger partial charge in [-0.1, -0.05) is 104 Å². The van der Waals surface area contributed by atoms with Crippen molar-refractivity contribution in [3.05, 3.63) is 128 Å². The summed E-state index contributed by atoms with van der Waals surface area (Å²) in [6.07, 6.45) is 1.68. The van der Waals surface area contributed by atoms with Crippen molar-refractivity contribution in [1.82, 2.24) is 0 Å². The molecule has 0 aliphatic carbocycles. The Kier molecular flexibility index (Phi) is 17.9. The number of phenols is 1. The Morgan fingerprint density at radius 3 is 1.46 bits per heavy atom. The number of rotatable bonds is 6. The maximum absolute atomic E-state index is 10.5. The maximum Gasteiger partial charge on any atom is 0.150 e. The molecule has 37 heavy (non-hydrogen) atoms. The monoisotopic (exact) mass is 699 g/mol. The number of hydrogen-bond acceptors (Lipinski definition) is 4. The molecule has 4 aromatic carbocycles. The molecule has 0 unspecified atom stereocenters. The molecule has 198 valence electrons. The summed E-state index contributed by atoms with van der Waals surface area (Å²) in [6.45, 7) is 0.501. The highest BCUT2D eigenvalue weighted by Gasteiger charge is 1.97. The second-order valence-electron chi connectivity index (χ2n) is 7.07. The molecule has 0 amide bonds. The average Bonchev–Trinajstić information content (AvgIpc) is 2.91. The van der Waals surface area contributed by atoms with Crippen molar-refractivity contribution in [1.29, 1.82) is 0 Å². The predicted molar refractivity (Wildman–Crippen MR) is 162 cm³/mol. The third-order valence-corrected chi connectivity index (χ3v) is 6.14. The Balaban J connectivity index is 0. The van der Waals surface area contributed by atoms with E-state index in [9.17, 15) is 9.59 Å².